The van der Waals surface area contributed by atoms with Crippen molar-refractivity contribution in [2.75, 3.05) is 6.61 Å². The number of hydrogen-bond acceptors (Lipinski definition) is 9. The molecule has 1 aromatic heterocycles. The lowest BCUT2D eigenvalue weighted by Gasteiger charge is -2.39. The zero-order valence-electron chi connectivity index (χ0n) is 12.4. The predicted octanol–water partition coefficient (Wildman–Crippen LogP) is -2.13. The monoisotopic (exact) mass is 329 g/mol. The van der Waals surface area contributed by atoms with Gasteiger partial charge in [-0.25, -0.2) is 0 Å². The summed E-state index contributed by atoms with van der Waals surface area (Å²) in [7, 11) is 0. The Bertz CT molecular complexity index is 564. The van der Waals surface area contributed by atoms with Gasteiger partial charge in [0.05, 0.1) is 24.5 Å². The molecule has 1 aliphatic rings. The molecule has 0 unspecified atom stereocenters. The summed E-state index contributed by atoms with van der Waals surface area (Å²) in [4.78, 5) is 15.2. The largest absolute Gasteiger partial charge is 0.459 e. The van der Waals surface area contributed by atoms with Gasteiger partial charge < -0.3 is 35.0 Å². The number of ether oxygens (including phenoxy) is 2. The van der Waals surface area contributed by atoms with E-state index in [9.17, 15) is 25.2 Å². The molecule has 128 valence electrons. The lowest BCUT2D eigenvalue weighted by Crippen LogP contribution is -2.60. The number of nitrogens with zero attached hydrogens (tertiary/aromatic N) is 1. The summed E-state index contributed by atoms with van der Waals surface area (Å²) in [6.07, 6.45) is -5.49. The van der Waals surface area contributed by atoms with Crippen LogP contribution in [0.4, 0.5) is 0 Å². The number of hydrogen-bond donors (Lipinski definition) is 5. The molecule has 23 heavy (non-hydrogen) atoms. The van der Waals surface area contributed by atoms with Crippen molar-refractivity contribution in [3.8, 4) is 5.75 Å². The number of carbonyl (C=O) groups is 1. The van der Waals surface area contributed by atoms with Crippen LogP contribution in [0.3, 0.4) is 0 Å². The lowest BCUT2D eigenvalue weighted by atomic mass is 9.99. The Labute approximate surface area is 131 Å². The fraction of sp³-hybridized carbons (Fsp3) is 0.571. The van der Waals surface area contributed by atoms with E-state index in [0.717, 1.165) is 0 Å². The van der Waals surface area contributed by atoms with E-state index in [-0.39, 0.29) is 16.9 Å². The van der Waals surface area contributed by atoms with Crippen LogP contribution in [0.5, 0.6) is 5.75 Å². The van der Waals surface area contributed by atoms with Crippen molar-refractivity contribution < 1.29 is 39.8 Å². The highest BCUT2D eigenvalue weighted by molar-refractivity contribution is 5.82. The van der Waals surface area contributed by atoms with Crippen LogP contribution < -0.4 is 4.74 Å². The Morgan fingerprint density at radius 3 is 2.52 bits per heavy atom. The molecule has 1 fully saturated rings. The molecule has 5 N–H and O–H groups in total. The number of pyridine rings is 1. The summed E-state index contributed by atoms with van der Waals surface area (Å²) in [6, 6.07) is 0. The van der Waals surface area contributed by atoms with Crippen molar-refractivity contribution in [1.29, 1.82) is 0 Å². The highest BCUT2D eigenvalue weighted by Crippen LogP contribution is 2.29. The predicted molar refractivity (Wildman–Crippen MR) is 74.7 cm³/mol. The van der Waals surface area contributed by atoms with E-state index < -0.39 is 43.9 Å². The normalized spacial score (nSPS) is 31.0. The molecule has 0 amide bonds. The van der Waals surface area contributed by atoms with Crippen LogP contribution in [0.15, 0.2) is 6.20 Å². The molecule has 2 heterocycles. The molecule has 2 rings (SSSR count). The van der Waals surface area contributed by atoms with Crippen LogP contribution in [0.2, 0.25) is 0 Å². The third kappa shape index (κ3) is 3.34. The first kappa shape index (κ1) is 17.7. The zero-order valence-corrected chi connectivity index (χ0v) is 12.4. The molecule has 5 atom stereocenters. The van der Waals surface area contributed by atoms with Gasteiger partial charge in [-0.05, 0) is 6.92 Å². The maximum Gasteiger partial charge on any atom is 0.229 e. The number of aliphatic hydroxyl groups is 5. The molecular formula is C14H19NO8. The first-order valence-corrected chi connectivity index (χ1v) is 6.96. The summed E-state index contributed by atoms with van der Waals surface area (Å²) >= 11 is 0. The maximum atomic E-state index is 11.3. The summed E-state index contributed by atoms with van der Waals surface area (Å²) in [5, 5.41) is 47.8. The van der Waals surface area contributed by atoms with Crippen LogP contribution in [-0.2, 0) is 11.3 Å². The molecule has 0 aliphatic carbocycles. The van der Waals surface area contributed by atoms with Gasteiger partial charge in [-0.2, -0.15) is 0 Å². The first-order valence-electron chi connectivity index (χ1n) is 6.96. The molecule has 0 spiro atoms. The Kier molecular flexibility index (Phi) is 5.63. The van der Waals surface area contributed by atoms with Crippen molar-refractivity contribution in [3.63, 3.8) is 0 Å². The molecule has 9 heteroatoms. The second-order valence-electron chi connectivity index (χ2n) is 5.20. The molecule has 9 nitrogen and oxygen atoms in total. The molecular weight excluding hydrogens is 310 g/mol. The van der Waals surface area contributed by atoms with Gasteiger partial charge in [0.2, 0.25) is 6.29 Å². The number of aliphatic hydroxyl groups excluding tert-OH is 5. The summed E-state index contributed by atoms with van der Waals surface area (Å²) < 4.78 is 10.7. The van der Waals surface area contributed by atoms with Crippen molar-refractivity contribution in [3.05, 3.63) is 23.0 Å². The first-order chi connectivity index (χ1) is 10.9. The van der Waals surface area contributed by atoms with E-state index in [0.29, 0.717) is 12.0 Å². The fourth-order valence-corrected chi connectivity index (χ4v) is 2.33. The average molecular weight is 329 g/mol. The van der Waals surface area contributed by atoms with Gasteiger partial charge in [0.25, 0.3) is 0 Å². The van der Waals surface area contributed by atoms with Crippen molar-refractivity contribution in [2.45, 2.75) is 44.2 Å². The quantitative estimate of drug-likeness (QED) is 0.382. The zero-order chi connectivity index (χ0) is 17.1. The Morgan fingerprint density at radius 1 is 1.26 bits per heavy atom. The van der Waals surface area contributed by atoms with Crippen molar-refractivity contribution in [1.82, 2.24) is 4.98 Å². The topological polar surface area (TPSA) is 150 Å². The number of carbonyl (C=O) groups excluding carboxylic acids is 1. The van der Waals surface area contributed by atoms with E-state index in [1.54, 1.807) is 6.92 Å². The average Bonchev–Trinajstić information content (AvgIpc) is 2.56. The minimum Gasteiger partial charge on any atom is -0.459 e. The van der Waals surface area contributed by atoms with E-state index in [4.69, 9.17) is 14.6 Å². The third-order valence-corrected chi connectivity index (χ3v) is 3.70. The highest BCUT2D eigenvalue weighted by atomic mass is 16.7. The summed E-state index contributed by atoms with van der Waals surface area (Å²) in [5.41, 5.74) is 0.573. The van der Waals surface area contributed by atoms with Gasteiger partial charge in [-0.1, -0.05) is 0 Å². The number of rotatable bonds is 5. The van der Waals surface area contributed by atoms with Crippen LogP contribution in [0.25, 0.3) is 0 Å². The third-order valence-electron chi connectivity index (χ3n) is 3.70. The van der Waals surface area contributed by atoms with E-state index in [1.165, 1.54) is 6.20 Å². The Balaban J connectivity index is 2.32. The van der Waals surface area contributed by atoms with Gasteiger partial charge in [-0.15, -0.1) is 0 Å². The minimum absolute atomic E-state index is 0.0177. The van der Waals surface area contributed by atoms with Gasteiger partial charge >= 0.3 is 0 Å². The van der Waals surface area contributed by atoms with Crippen LogP contribution >= 0.6 is 0 Å². The smallest absolute Gasteiger partial charge is 0.229 e. The highest BCUT2D eigenvalue weighted by Gasteiger charge is 2.45. The van der Waals surface area contributed by atoms with Gasteiger partial charge in [0, 0.05) is 11.8 Å². The SMILES string of the molecule is Cc1ncc(CO)c(C=O)c1O[C@H]1O[C@H](CO)[C@@H](O)[C@H](O)[C@H]1O. The molecule has 1 aromatic rings. The number of aromatic nitrogens is 1. The summed E-state index contributed by atoms with van der Waals surface area (Å²) in [5.74, 6) is -0.0177. The number of aldehydes is 1. The van der Waals surface area contributed by atoms with Crippen molar-refractivity contribution in [2.24, 2.45) is 0 Å². The molecule has 0 saturated carbocycles. The van der Waals surface area contributed by atoms with Crippen LogP contribution in [0.1, 0.15) is 21.6 Å². The molecule has 0 radical (unpaired) electrons. The molecule has 0 aromatic carbocycles. The van der Waals surface area contributed by atoms with E-state index in [1.807, 2.05) is 0 Å². The van der Waals surface area contributed by atoms with E-state index >= 15 is 0 Å². The number of aryl methyl sites for hydroxylation is 1. The van der Waals surface area contributed by atoms with Gasteiger partial charge in [-0.3, -0.25) is 9.78 Å². The van der Waals surface area contributed by atoms with E-state index in [2.05, 4.69) is 4.98 Å². The van der Waals surface area contributed by atoms with Crippen LogP contribution in [0, 0.1) is 6.92 Å². The molecule has 0 bridgehead atoms. The second kappa shape index (κ2) is 7.30. The standard InChI is InChI=1S/C14H19NO8/c1-6-13(8(4-17)7(3-16)2-15-6)23-14-12(21)11(20)10(19)9(5-18)22-14/h2,4,9-12,14,16,18-21H,3,5H2,1H3/t9-,10-,11+,12-,14-/m1/s1. The van der Waals surface area contributed by atoms with Gasteiger partial charge in [0.1, 0.15) is 24.4 Å². The van der Waals surface area contributed by atoms with Crippen LogP contribution in [-0.4, -0.2) is 74.1 Å². The molecule has 1 aliphatic heterocycles. The molecule has 1 saturated heterocycles. The fourth-order valence-electron chi connectivity index (χ4n) is 2.33. The maximum absolute atomic E-state index is 11.3. The Hall–Kier alpha value is -1.62. The van der Waals surface area contributed by atoms with Crippen molar-refractivity contribution >= 4 is 6.29 Å². The Morgan fingerprint density at radius 2 is 1.96 bits per heavy atom. The lowest BCUT2D eigenvalue weighted by molar-refractivity contribution is -0.277. The van der Waals surface area contributed by atoms with Gasteiger partial charge in [0.15, 0.2) is 12.0 Å². The second-order valence-corrected chi connectivity index (χ2v) is 5.20. The summed E-state index contributed by atoms with van der Waals surface area (Å²) in [6.45, 7) is 0.513. The minimum atomic E-state index is -1.61.